The normalized spacial score (nSPS) is 21.5. The van der Waals surface area contributed by atoms with Crippen molar-refractivity contribution in [2.75, 3.05) is 65.5 Å². The molecule has 0 bridgehead atoms. The maximum Gasteiger partial charge on any atom is 0.234 e. The number of carbonyl (C=O) groups is 1. The molecule has 1 aromatic carbocycles. The second-order valence-corrected chi connectivity index (χ2v) is 9.64. The number of ether oxygens (including phenoxy) is 1. The lowest BCUT2D eigenvalue weighted by Crippen LogP contribution is -2.54. The monoisotopic (exact) mass is 430 g/mol. The van der Waals surface area contributed by atoms with Crippen molar-refractivity contribution in [2.45, 2.75) is 53.2 Å². The number of aryl methyl sites for hydroxylation is 3. The highest BCUT2D eigenvalue weighted by molar-refractivity contribution is 5.78. The van der Waals surface area contributed by atoms with Gasteiger partial charge >= 0.3 is 0 Å². The van der Waals surface area contributed by atoms with Crippen LogP contribution >= 0.6 is 0 Å². The Labute approximate surface area is 188 Å². The number of rotatable bonds is 8. The summed E-state index contributed by atoms with van der Waals surface area (Å²) in [7, 11) is 0. The number of piperazine rings is 1. The topological polar surface area (TPSA) is 48.1 Å². The Morgan fingerprint density at radius 3 is 2.35 bits per heavy atom. The lowest BCUT2D eigenvalue weighted by atomic mass is 9.97. The number of morpholine rings is 1. The Balaban J connectivity index is 1.34. The molecule has 1 unspecified atom stereocenters. The molecular formula is C25H42N4O2. The van der Waals surface area contributed by atoms with Crippen molar-refractivity contribution in [1.82, 2.24) is 20.0 Å². The number of benzene rings is 1. The van der Waals surface area contributed by atoms with Gasteiger partial charge in [0.15, 0.2) is 0 Å². The molecule has 1 amide bonds. The van der Waals surface area contributed by atoms with E-state index in [0.29, 0.717) is 25.2 Å². The fourth-order valence-corrected chi connectivity index (χ4v) is 4.93. The first-order valence-corrected chi connectivity index (χ1v) is 12.0. The van der Waals surface area contributed by atoms with E-state index in [0.717, 1.165) is 58.8 Å². The molecule has 0 radical (unpaired) electrons. The van der Waals surface area contributed by atoms with E-state index >= 15 is 0 Å². The molecule has 6 nitrogen and oxygen atoms in total. The molecule has 2 heterocycles. The fourth-order valence-electron chi connectivity index (χ4n) is 4.93. The highest BCUT2D eigenvalue weighted by atomic mass is 16.5. The Hall–Kier alpha value is -1.47. The lowest BCUT2D eigenvalue weighted by Gasteiger charge is -2.40. The summed E-state index contributed by atoms with van der Waals surface area (Å²) in [6, 6.07) is 5.03. The van der Waals surface area contributed by atoms with Crippen LogP contribution in [0.5, 0.6) is 0 Å². The number of hydrogen-bond acceptors (Lipinski definition) is 5. The third-order valence-electron chi connectivity index (χ3n) is 6.73. The molecular weight excluding hydrogens is 388 g/mol. The molecule has 3 rings (SSSR count). The zero-order valence-electron chi connectivity index (χ0n) is 20.2. The summed E-state index contributed by atoms with van der Waals surface area (Å²) in [5.74, 6) is 0.138. The summed E-state index contributed by atoms with van der Waals surface area (Å²) >= 11 is 0. The van der Waals surface area contributed by atoms with Crippen molar-refractivity contribution < 1.29 is 9.53 Å². The van der Waals surface area contributed by atoms with Crippen molar-refractivity contribution >= 4 is 5.91 Å². The van der Waals surface area contributed by atoms with Crippen LogP contribution in [0.4, 0.5) is 0 Å². The molecule has 1 atom stereocenters. The minimum absolute atomic E-state index is 0.138. The number of carbonyl (C=O) groups excluding carboxylic acids is 1. The van der Waals surface area contributed by atoms with Gasteiger partial charge < -0.3 is 10.1 Å². The molecule has 174 valence electrons. The van der Waals surface area contributed by atoms with Gasteiger partial charge in [0.1, 0.15) is 0 Å². The van der Waals surface area contributed by atoms with Gasteiger partial charge in [-0.25, -0.2) is 0 Å². The van der Waals surface area contributed by atoms with Gasteiger partial charge in [-0.05, 0) is 57.7 Å². The summed E-state index contributed by atoms with van der Waals surface area (Å²) in [5, 5.41) is 3.12. The van der Waals surface area contributed by atoms with E-state index < -0.39 is 0 Å². The predicted molar refractivity (Wildman–Crippen MR) is 127 cm³/mol. The molecule has 2 fully saturated rings. The molecule has 0 aliphatic carbocycles. The highest BCUT2D eigenvalue weighted by Crippen LogP contribution is 2.16. The van der Waals surface area contributed by atoms with Crippen molar-refractivity contribution in [1.29, 1.82) is 0 Å². The number of nitrogens with one attached hydrogen (secondary N) is 1. The first-order valence-electron chi connectivity index (χ1n) is 12.0. The lowest BCUT2D eigenvalue weighted by molar-refractivity contribution is -0.122. The average Bonchev–Trinajstić information content (AvgIpc) is 2.71. The predicted octanol–water partition coefficient (Wildman–Crippen LogP) is 2.00. The molecule has 1 aromatic rings. The number of amides is 1. The molecule has 6 heteroatoms. The van der Waals surface area contributed by atoms with Crippen LogP contribution in [0, 0.1) is 20.8 Å². The second kappa shape index (κ2) is 11.4. The van der Waals surface area contributed by atoms with Gasteiger partial charge in [-0.15, -0.1) is 0 Å². The fraction of sp³-hybridized carbons (Fsp3) is 0.720. The van der Waals surface area contributed by atoms with E-state index in [-0.39, 0.29) is 5.91 Å². The van der Waals surface area contributed by atoms with E-state index in [2.05, 4.69) is 66.8 Å². The Morgan fingerprint density at radius 1 is 1.06 bits per heavy atom. The van der Waals surface area contributed by atoms with Gasteiger partial charge in [0.25, 0.3) is 0 Å². The SMILES string of the molecule is Cc1cc(C)c(CCNC(=O)CN2CCN(CC3CN(C(C)C)CCO3)CC2)c(C)c1. The summed E-state index contributed by atoms with van der Waals surface area (Å²) < 4.78 is 6.00. The van der Waals surface area contributed by atoms with E-state index in [1.54, 1.807) is 0 Å². The van der Waals surface area contributed by atoms with Crippen molar-refractivity contribution in [3.05, 3.63) is 34.4 Å². The van der Waals surface area contributed by atoms with Crippen molar-refractivity contribution in [2.24, 2.45) is 0 Å². The molecule has 31 heavy (non-hydrogen) atoms. The van der Waals surface area contributed by atoms with Crippen LogP contribution in [0.15, 0.2) is 12.1 Å². The largest absolute Gasteiger partial charge is 0.374 e. The Kier molecular flexibility index (Phi) is 8.90. The van der Waals surface area contributed by atoms with Crippen molar-refractivity contribution in [3.8, 4) is 0 Å². The molecule has 1 N–H and O–H groups in total. The molecule has 0 saturated carbocycles. The maximum atomic E-state index is 12.4. The van der Waals surface area contributed by atoms with Crippen LogP contribution < -0.4 is 5.32 Å². The molecule has 2 aliphatic heterocycles. The maximum absolute atomic E-state index is 12.4. The summed E-state index contributed by atoms with van der Waals surface area (Å²) in [5.41, 5.74) is 5.30. The highest BCUT2D eigenvalue weighted by Gasteiger charge is 2.26. The van der Waals surface area contributed by atoms with E-state index in [1.807, 2.05) is 0 Å². The average molecular weight is 431 g/mol. The van der Waals surface area contributed by atoms with Crippen LogP contribution in [0.1, 0.15) is 36.1 Å². The Bertz CT molecular complexity index is 705. The molecule has 2 aliphatic rings. The summed E-state index contributed by atoms with van der Waals surface area (Å²) in [6.07, 6.45) is 1.20. The van der Waals surface area contributed by atoms with Crippen LogP contribution in [0.3, 0.4) is 0 Å². The summed E-state index contributed by atoms with van der Waals surface area (Å²) in [4.78, 5) is 19.7. The Morgan fingerprint density at radius 2 is 1.71 bits per heavy atom. The summed E-state index contributed by atoms with van der Waals surface area (Å²) in [6.45, 7) is 20.0. The second-order valence-electron chi connectivity index (χ2n) is 9.64. The first-order chi connectivity index (χ1) is 14.8. The van der Waals surface area contributed by atoms with Gasteiger partial charge in [0, 0.05) is 58.4 Å². The third kappa shape index (κ3) is 7.28. The van der Waals surface area contributed by atoms with E-state index in [1.165, 1.54) is 22.3 Å². The van der Waals surface area contributed by atoms with E-state index in [4.69, 9.17) is 4.74 Å². The zero-order valence-corrected chi connectivity index (χ0v) is 20.2. The van der Waals surface area contributed by atoms with Crippen LogP contribution in [-0.4, -0.2) is 98.3 Å². The van der Waals surface area contributed by atoms with Gasteiger partial charge in [-0.3, -0.25) is 19.5 Å². The number of nitrogens with zero attached hydrogens (tertiary/aromatic N) is 3. The first kappa shape index (κ1) is 24.2. The van der Waals surface area contributed by atoms with Gasteiger partial charge in [-0.2, -0.15) is 0 Å². The minimum Gasteiger partial charge on any atom is -0.374 e. The molecule has 0 spiro atoms. The standard InChI is InChI=1S/C25H42N4O2/c1-19(2)29-12-13-31-23(17-29)16-27-8-10-28(11-9-27)18-25(30)26-7-6-24-21(4)14-20(3)15-22(24)5/h14-15,19,23H,6-13,16-18H2,1-5H3,(H,26,30). The van der Waals surface area contributed by atoms with Gasteiger partial charge in [-0.1, -0.05) is 17.7 Å². The van der Waals surface area contributed by atoms with Gasteiger partial charge in [0.2, 0.25) is 5.91 Å². The third-order valence-corrected chi connectivity index (χ3v) is 6.73. The smallest absolute Gasteiger partial charge is 0.234 e. The van der Waals surface area contributed by atoms with Crippen molar-refractivity contribution in [3.63, 3.8) is 0 Å². The van der Waals surface area contributed by atoms with Crippen LogP contribution in [-0.2, 0) is 16.0 Å². The quantitative estimate of drug-likeness (QED) is 0.684. The van der Waals surface area contributed by atoms with E-state index in [9.17, 15) is 4.79 Å². The van der Waals surface area contributed by atoms with Crippen LogP contribution in [0.25, 0.3) is 0 Å². The van der Waals surface area contributed by atoms with Crippen LogP contribution in [0.2, 0.25) is 0 Å². The zero-order chi connectivity index (χ0) is 22.4. The minimum atomic E-state index is 0.138. The molecule has 0 aromatic heterocycles. The molecule has 2 saturated heterocycles. The van der Waals surface area contributed by atoms with Gasteiger partial charge in [0.05, 0.1) is 19.3 Å². The number of hydrogen-bond donors (Lipinski definition) is 1.